The van der Waals surface area contributed by atoms with Crippen LogP contribution >= 0.6 is 11.6 Å². The SMILES string of the molecule is ClCc1ncc(CC23CC4CC(CC(C4)C2)C3)o1. The van der Waals surface area contributed by atoms with E-state index in [4.69, 9.17) is 16.0 Å². The number of nitrogens with zero attached hydrogens (tertiary/aromatic N) is 1. The standard InChI is InChI=1S/C15H20ClNO/c16-8-14-17-9-13(18-14)7-15-4-10-1-11(5-15)3-12(2-10)6-15/h9-12H,1-8H2. The van der Waals surface area contributed by atoms with Crippen LogP contribution in [0.5, 0.6) is 0 Å². The van der Waals surface area contributed by atoms with E-state index in [-0.39, 0.29) is 0 Å². The number of aromatic nitrogens is 1. The van der Waals surface area contributed by atoms with E-state index in [2.05, 4.69) is 4.98 Å². The van der Waals surface area contributed by atoms with Crippen LogP contribution in [0.2, 0.25) is 0 Å². The van der Waals surface area contributed by atoms with Crippen molar-refractivity contribution < 1.29 is 4.42 Å². The van der Waals surface area contributed by atoms with Gasteiger partial charge < -0.3 is 4.42 Å². The third-order valence-corrected chi connectivity index (χ3v) is 5.66. The van der Waals surface area contributed by atoms with Crippen molar-refractivity contribution in [2.24, 2.45) is 23.2 Å². The van der Waals surface area contributed by atoms with Crippen LogP contribution in [0, 0.1) is 23.2 Å². The molecule has 0 atom stereocenters. The predicted octanol–water partition coefficient (Wildman–Crippen LogP) is 4.17. The molecule has 0 amide bonds. The highest BCUT2D eigenvalue weighted by molar-refractivity contribution is 6.16. The van der Waals surface area contributed by atoms with Crippen molar-refractivity contribution in [1.82, 2.24) is 4.98 Å². The molecule has 5 rings (SSSR count). The molecule has 0 N–H and O–H groups in total. The van der Waals surface area contributed by atoms with Gasteiger partial charge in [-0.05, 0) is 61.7 Å². The first-order valence-electron chi connectivity index (χ1n) is 7.24. The molecule has 0 radical (unpaired) electrons. The maximum Gasteiger partial charge on any atom is 0.209 e. The average Bonchev–Trinajstić information content (AvgIpc) is 2.74. The largest absolute Gasteiger partial charge is 0.444 e. The molecule has 2 nitrogen and oxygen atoms in total. The summed E-state index contributed by atoms with van der Waals surface area (Å²) in [5, 5.41) is 0. The maximum absolute atomic E-state index is 5.76. The second-order valence-electron chi connectivity index (χ2n) is 6.95. The second kappa shape index (κ2) is 4.00. The van der Waals surface area contributed by atoms with Crippen molar-refractivity contribution in [2.75, 3.05) is 0 Å². The van der Waals surface area contributed by atoms with E-state index in [0.717, 1.165) is 29.9 Å². The quantitative estimate of drug-likeness (QED) is 0.767. The third kappa shape index (κ3) is 1.80. The summed E-state index contributed by atoms with van der Waals surface area (Å²) in [7, 11) is 0. The Kier molecular flexibility index (Phi) is 2.52. The lowest BCUT2D eigenvalue weighted by Gasteiger charge is -2.56. The second-order valence-corrected chi connectivity index (χ2v) is 7.22. The molecule has 18 heavy (non-hydrogen) atoms. The fraction of sp³-hybridized carbons (Fsp3) is 0.800. The van der Waals surface area contributed by atoms with Crippen molar-refractivity contribution in [1.29, 1.82) is 0 Å². The van der Waals surface area contributed by atoms with Crippen molar-refractivity contribution in [2.45, 2.75) is 50.8 Å². The first-order valence-corrected chi connectivity index (χ1v) is 7.78. The molecule has 1 aromatic heterocycles. The van der Waals surface area contributed by atoms with Gasteiger partial charge in [0.05, 0.1) is 12.1 Å². The Bertz CT molecular complexity index is 418. The van der Waals surface area contributed by atoms with E-state index in [9.17, 15) is 0 Å². The summed E-state index contributed by atoms with van der Waals surface area (Å²) in [5.41, 5.74) is 0.540. The molecule has 1 aromatic rings. The molecule has 0 aromatic carbocycles. The monoisotopic (exact) mass is 265 g/mol. The van der Waals surface area contributed by atoms with E-state index < -0.39 is 0 Å². The first kappa shape index (κ1) is 11.3. The van der Waals surface area contributed by atoms with E-state index >= 15 is 0 Å². The summed E-state index contributed by atoms with van der Waals surface area (Å²) in [6.45, 7) is 0. The Morgan fingerprint density at radius 2 is 1.78 bits per heavy atom. The van der Waals surface area contributed by atoms with Crippen LogP contribution in [0.25, 0.3) is 0 Å². The van der Waals surface area contributed by atoms with Crippen molar-refractivity contribution in [3.05, 3.63) is 17.8 Å². The summed E-state index contributed by atoms with van der Waals surface area (Å²) < 4.78 is 5.73. The molecule has 0 aliphatic heterocycles. The van der Waals surface area contributed by atoms with Crippen LogP contribution in [0.3, 0.4) is 0 Å². The molecule has 3 heteroatoms. The highest BCUT2D eigenvalue weighted by Crippen LogP contribution is 2.61. The molecule has 4 bridgehead atoms. The molecule has 1 heterocycles. The number of hydrogen-bond acceptors (Lipinski definition) is 2. The molecular formula is C15H20ClNO. The van der Waals surface area contributed by atoms with Gasteiger partial charge in [-0.15, -0.1) is 11.6 Å². The predicted molar refractivity (Wildman–Crippen MR) is 70.4 cm³/mol. The van der Waals surface area contributed by atoms with Gasteiger partial charge in [0.1, 0.15) is 5.76 Å². The Balaban J connectivity index is 1.56. The molecule has 4 aliphatic rings. The van der Waals surface area contributed by atoms with Gasteiger partial charge in [0.25, 0.3) is 0 Å². The van der Waals surface area contributed by atoms with Crippen molar-refractivity contribution in [3.63, 3.8) is 0 Å². The van der Waals surface area contributed by atoms with Crippen LogP contribution in [-0.4, -0.2) is 4.98 Å². The van der Waals surface area contributed by atoms with E-state index in [1.54, 1.807) is 0 Å². The lowest BCUT2D eigenvalue weighted by molar-refractivity contribution is -0.0545. The van der Waals surface area contributed by atoms with Gasteiger partial charge >= 0.3 is 0 Å². The summed E-state index contributed by atoms with van der Waals surface area (Å²) >= 11 is 5.76. The molecule has 4 aliphatic carbocycles. The molecule has 4 saturated carbocycles. The van der Waals surface area contributed by atoms with Crippen LogP contribution in [0.1, 0.15) is 50.2 Å². The lowest BCUT2D eigenvalue weighted by atomic mass is 9.49. The molecular weight excluding hydrogens is 246 g/mol. The minimum atomic E-state index is 0.390. The number of hydrogen-bond donors (Lipinski definition) is 0. The van der Waals surface area contributed by atoms with Gasteiger partial charge in [0.2, 0.25) is 5.89 Å². The van der Waals surface area contributed by atoms with Crippen LogP contribution in [-0.2, 0) is 12.3 Å². The Labute approximate surface area is 113 Å². The number of rotatable bonds is 3. The summed E-state index contributed by atoms with van der Waals surface area (Å²) in [4.78, 5) is 4.23. The zero-order valence-electron chi connectivity index (χ0n) is 10.7. The first-order chi connectivity index (χ1) is 8.75. The fourth-order valence-corrected chi connectivity index (χ4v) is 5.49. The highest BCUT2D eigenvalue weighted by atomic mass is 35.5. The zero-order chi connectivity index (χ0) is 12.2. The lowest BCUT2D eigenvalue weighted by Crippen LogP contribution is -2.46. The summed E-state index contributed by atoms with van der Waals surface area (Å²) in [5.74, 6) is 5.15. The van der Waals surface area contributed by atoms with Gasteiger partial charge in [-0.1, -0.05) is 0 Å². The van der Waals surface area contributed by atoms with Crippen LogP contribution < -0.4 is 0 Å². The maximum atomic E-state index is 5.76. The fourth-order valence-electron chi connectivity index (χ4n) is 5.37. The van der Waals surface area contributed by atoms with Crippen LogP contribution in [0.4, 0.5) is 0 Å². The molecule has 0 spiro atoms. The number of oxazole rings is 1. The van der Waals surface area contributed by atoms with Crippen molar-refractivity contribution >= 4 is 11.6 Å². The van der Waals surface area contributed by atoms with Gasteiger partial charge in [0.15, 0.2) is 0 Å². The molecule has 0 saturated heterocycles. The Hall–Kier alpha value is -0.500. The third-order valence-electron chi connectivity index (χ3n) is 5.43. The number of alkyl halides is 1. The Morgan fingerprint density at radius 3 is 2.28 bits per heavy atom. The molecule has 98 valence electrons. The summed E-state index contributed by atoms with van der Waals surface area (Å²) in [6.07, 6.45) is 11.8. The normalized spacial score (nSPS) is 41.5. The van der Waals surface area contributed by atoms with Gasteiger partial charge in [0, 0.05) is 6.42 Å². The van der Waals surface area contributed by atoms with E-state index in [0.29, 0.717) is 17.2 Å². The summed E-state index contributed by atoms with van der Waals surface area (Å²) in [6, 6.07) is 0. The van der Waals surface area contributed by atoms with Crippen LogP contribution in [0.15, 0.2) is 10.6 Å². The highest BCUT2D eigenvalue weighted by Gasteiger charge is 2.51. The molecule has 0 unspecified atom stereocenters. The average molecular weight is 266 g/mol. The zero-order valence-corrected chi connectivity index (χ0v) is 11.5. The minimum absolute atomic E-state index is 0.390. The van der Waals surface area contributed by atoms with Gasteiger partial charge in [-0.3, -0.25) is 0 Å². The smallest absolute Gasteiger partial charge is 0.209 e. The number of halogens is 1. The Morgan fingerprint density at radius 1 is 1.17 bits per heavy atom. The van der Waals surface area contributed by atoms with E-state index in [1.165, 1.54) is 38.5 Å². The molecule has 4 fully saturated rings. The minimum Gasteiger partial charge on any atom is -0.444 e. The van der Waals surface area contributed by atoms with Gasteiger partial charge in [-0.2, -0.15) is 0 Å². The van der Waals surface area contributed by atoms with E-state index in [1.807, 2.05) is 6.20 Å². The van der Waals surface area contributed by atoms with Gasteiger partial charge in [-0.25, -0.2) is 4.98 Å². The topological polar surface area (TPSA) is 26.0 Å². The van der Waals surface area contributed by atoms with Crippen molar-refractivity contribution in [3.8, 4) is 0 Å².